The van der Waals surface area contributed by atoms with Crippen molar-refractivity contribution in [2.45, 2.75) is 26.7 Å². The molecule has 2 aromatic rings. The third-order valence-electron chi connectivity index (χ3n) is 2.88. The monoisotopic (exact) mass is 270 g/mol. The van der Waals surface area contributed by atoms with Gasteiger partial charge in [-0.1, -0.05) is 24.8 Å². The number of carbonyl (C=O) groups is 1. The van der Waals surface area contributed by atoms with Crippen molar-refractivity contribution in [3.05, 3.63) is 47.0 Å². The maximum Gasteiger partial charge on any atom is 0.153 e. The molecule has 0 spiro atoms. The van der Waals surface area contributed by atoms with Crippen LogP contribution in [0.2, 0.25) is 0 Å². The summed E-state index contributed by atoms with van der Waals surface area (Å²) in [5.74, 6) is 5.55. The molecule has 0 aliphatic heterocycles. The molecule has 1 aromatic carbocycles. The normalized spacial score (nSPS) is 9.95. The molecule has 0 unspecified atom stereocenters. The molecule has 1 aromatic heterocycles. The molecule has 0 radical (unpaired) electrons. The molecule has 20 heavy (non-hydrogen) atoms. The zero-order valence-corrected chi connectivity index (χ0v) is 11.5. The molecule has 2 rings (SSSR count). The van der Waals surface area contributed by atoms with E-state index in [0.29, 0.717) is 23.1 Å². The third-order valence-corrected chi connectivity index (χ3v) is 2.88. The number of para-hydroxylation sites is 1. The van der Waals surface area contributed by atoms with Crippen LogP contribution in [-0.4, -0.2) is 16.1 Å². The Kier molecular flexibility index (Phi) is 4.31. The number of halogens is 1. The van der Waals surface area contributed by atoms with Crippen molar-refractivity contribution < 1.29 is 9.18 Å². The summed E-state index contributed by atoms with van der Waals surface area (Å²) in [4.78, 5) is 10.9. The lowest BCUT2D eigenvalue weighted by atomic mass is 10.1. The molecule has 3 nitrogen and oxygen atoms in total. The first kappa shape index (κ1) is 14.0. The van der Waals surface area contributed by atoms with Crippen LogP contribution in [0.25, 0.3) is 5.69 Å². The zero-order valence-electron chi connectivity index (χ0n) is 11.5. The molecule has 0 amide bonds. The van der Waals surface area contributed by atoms with Gasteiger partial charge in [0.2, 0.25) is 0 Å². The van der Waals surface area contributed by atoms with Gasteiger partial charge in [0.1, 0.15) is 11.5 Å². The number of aldehydes is 1. The first-order valence-electron chi connectivity index (χ1n) is 6.46. The van der Waals surface area contributed by atoms with Crippen molar-refractivity contribution in [1.82, 2.24) is 9.78 Å². The van der Waals surface area contributed by atoms with E-state index in [2.05, 4.69) is 16.9 Å². The molecule has 0 N–H and O–H groups in total. The summed E-state index contributed by atoms with van der Waals surface area (Å²) < 4.78 is 15.5. The van der Waals surface area contributed by atoms with Crippen LogP contribution < -0.4 is 0 Å². The fraction of sp³-hybridized carbons (Fsp3) is 0.250. The average molecular weight is 270 g/mol. The Balaban J connectivity index is 2.54. The molecule has 4 heteroatoms. The predicted molar refractivity (Wildman–Crippen MR) is 75.4 cm³/mol. The summed E-state index contributed by atoms with van der Waals surface area (Å²) >= 11 is 0. The summed E-state index contributed by atoms with van der Waals surface area (Å²) in [5, 5.41) is 4.18. The highest BCUT2D eigenvalue weighted by molar-refractivity contribution is 5.76. The van der Waals surface area contributed by atoms with Crippen LogP contribution in [0.1, 0.15) is 41.4 Å². The Labute approximate surface area is 117 Å². The second-order valence-electron chi connectivity index (χ2n) is 4.42. The van der Waals surface area contributed by atoms with Gasteiger partial charge in [-0.05, 0) is 25.5 Å². The molecule has 0 atom stereocenters. The second kappa shape index (κ2) is 6.16. The Morgan fingerprint density at radius 3 is 2.90 bits per heavy atom. The highest BCUT2D eigenvalue weighted by atomic mass is 19.1. The molecular weight excluding hydrogens is 255 g/mol. The van der Waals surface area contributed by atoms with Gasteiger partial charge in [0.15, 0.2) is 6.29 Å². The second-order valence-corrected chi connectivity index (χ2v) is 4.42. The minimum absolute atomic E-state index is 0.285. The van der Waals surface area contributed by atoms with Crippen molar-refractivity contribution in [2.75, 3.05) is 0 Å². The van der Waals surface area contributed by atoms with Gasteiger partial charge in [-0.25, -0.2) is 9.07 Å². The van der Waals surface area contributed by atoms with Gasteiger partial charge in [-0.3, -0.25) is 4.79 Å². The number of benzene rings is 1. The Hall–Kier alpha value is -2.41. The largest absolute Gasteiger partial charge is 0.298 e. The maximum atomic E-state index is 14.1. The fourth-order valence-corrected chi connectivity index (χ4v) is 1.84. The van der Waals surface area contributed by atoms with E-state index in [4.69, 9.17) is 0 Å². The molecule has 0 aliphatic carbocycles. The van der Waals surface area contributed by atoms with Crippen LogP contribution in [-0.2, 0) is 0 Å². The van der Waals surface area contributed by atoms with Crippen LogP contribution in [0.4, 0.5) is 4.39 Å². The van der Waals surface area contributed by atoms with Crippen molar-refractivity contribution in [2.24, 2.45) is 0 Å². The summed E-state index contributed by atoms with van der Waals surface area (Å²) in [6.07, 6.45) is 3.94. The highest BCUT2D eigenvalue weighted by Crippen LogP contribution is 2.19. The molecule has 0 saturated carbocycles. The lowest BCUT2D eigenvalue weighted by molar-refractivity contribution is 0.112. The van der Waals surface area contributed by atoms with Crippen molar-refractivity contribution in [3.63, 3.8) is 0 Å². The molecule has 102 valence electrons. The van der Waals surface area contributed by atoms with E-state index in [1.54, 1.807) is 19.1 Å². The minimum Gasteiger partial charge on any atom is -0.298 e. The summed E-state index contributed by atoms with van der Waals surface area (Å²) in [6, 6.07) is 4.72. The number of nitrogens with zero attached hydrogens (tertiary/aromatic N) is 2. The molecule has 0 saturated heterocycles. The van der Waals surface area contributed by atoms with Crippen molar-refractivity contribution in [1.29, 1.82) is 0 Å². The number of rotatable bonds is 3. The maximum absolute atomic E-state index is 14.1. The number of aromatic nitrogens is 2. The predicted octanol–water partition coefficient (Wildman–Crippen LogP) is 3.28. The van der Waals surface area contributed by atoms with E-state index in [9.17, 15) is 9.18 Å². The smallest absolute Gasteiger partial charge is 0.153 e. The number of hydrogen-bond acceptors (Lipinski definition) is 2. The Morgan fingerprint density at radius 2 is 2.25 bits per heavy atom. The molecular formula is C16H15FN2O. The van der Waals surface area contributed by atoms with E-state index in [1.165, 1.54) is 16.9 Å². The Morgan fingerprint density at radius 1 is 1.45 bits per heavy atom. The van der Waals surface area contributed by atoms with Gasteiger partial charge in [-0.2, -0.15) is 5.10 Å². The lowest BCUT2D eigenvalue weighted by Gasteiger charge is -2.05. The molecule has 0 bridgehead atoms. The quantitative estimate of drug-likeness (QED) is 0.633. The van der Waals surface area contributed by atoms with E-state index in [0.717, 1.165) is 12.8 Å². The van der Waals surface area contributed by atoms with Crippen LogP contribution in [0.5, 0.6) is 0 Å². The first-order valence-corrected chi connectivity index (χ1v) is 6.46. The van der Waals surface area contributed by atoms with Gasteiger partial charge < -0.3 is 0 Å². The molecule has 0 aliphatic rings. The topological polar surface area (TPSA) is 34.9 Å². The van der Waals surface area contributed by atoms with Gasteiger partial charge in [0.05, 0.1) is 16.8 Å². The van der Waals surface area contributed by atoms with Crippen LogP contribution >= 0.6 is 0 Å². The zero-order chi connectivity index (χ0) is 14.5. The van der Waals surface area contributed by atoms with Crippen LogP contribution in [0.15, 0.2) is 24.4 Å². The van der Waals surface area contributed by atoms with E-state index in [1.807, 2.05) is 6.92 Å². The minimum atomic E-state index is -0.409. The van der Waals surface area contributed by atoms with E-state index < -0.39 is 5.82 Å². The standard InChI is InChI=1S/C16H15FN2O/c1-3-4-5-7-13-8-6-9-15(17)16(13)19-10-14(11-20)12(2)18-19/h6,8-11H,3-4H2,1-2H3. The highest BCUT2D eigenvalue weighted by Gasteiger charge is 2.12. The van der Waals surface area contributed by atoms with Gasteiger partial charge in [0.25, 0.3) is 0 Å². The first-order chi connectivity index (χ1) is 9.67. The average Bonchev–Trinajstić information content (AvgIpc) is 2.80. The van der Waals surface area contributed by atoms with E-state index >= 15 is 0 Å². The number of hydrogen-bond donors (Lipinski definition) is 0. The summed E-state index contributed by atoms with van der Waals surface area (Å²) in [5.41, 5.74) is 1.86. The molecule has 0 fully saturated rings. The number of unbranched alkanes of at least 4 members (excludes halogenated alkanes) is 1. The van der Waals surface area contributed by atoms with Crippen molar-refractivity contribution >= 4 is 6.29 Å². The number of aryl methyl sites for hydroxylation is 1. The van der Waals surface area contributed by atoms with Crippen molar-refractivity contribution in [3.8, 4) is 17.5 Å². The summed E-state index contributed by atoms with van der Waals surface area (Å²) in [6.45, 7) is 3.75. The van der Waals surface area contributed by atoms with Crippen LogP contribution in [0.3, 0.4) is 0 Å². The van der Waals surface area contributed by atoms with Gasteiger partial charge in [0, 0.05) is 12.6 Å². The molecule has 1 heterocycles. The van der Waals surface area contributed by atoms with Gasteiger partial charge >= 0.3 is 0 Å². The van der Waals surface area contributed by atoms with Gasteiger partial charge in [-0.15, -0.1) is 0 Å². The SMILES string of the molecule is CCCC#Cc1cccc(F)c1-n1cc(C=O)c(C)n1. The fourth-order valence-electron chi connectivity index (χ4n) is 1.84. The Bertz CT molecular complexity index is 692. The third kappa shape index (κ3) is 2.77. The number of carbonyl (C=O) groups excluding carboxylic acids is 1. The van der Waals surface area contributed by atoms with E-state index in [-0.39, 0.29) is 5.69 Å². The lowest BCUT2D eigenvalue weighted by Crippen LogP contribution is -2.02. The summed E-state index contributed by atoms with van der Waals surface area (Å²) in [7, 11) is 0. The van der Waals surface area contributed by atoms with Crippen LogP contribution in [0, 0.1) is 24.6 Å².